The minimum Gasteiger partial charge on any atom is -0.404 e. The van der Waals surface area contributed by atoms with Gasteiger partial charge in [0.05, 0.1) is 0 Å². The highest BCUT2D eigenvalue weighted by molar-refractivity contribution is 8.35. The zero-order chi connectivity index (χ0) is 6.78. The summed E-state index contributed by atoms with van der Waals surface area (Å²) in [4.78, 5) is 1.32. The van der Waals surface area contributed by atoms with Gasteiger partial charge < -0.3 is 5.73 Å². The summed E-state index contributed by atoms with van der Waals surface area (Å²) in [5.41, 5.74) is 5.32. The van der Waals surface area contributed by atoms with Crippen molar-refractivity contribution in [2.24, 2.45) is 5.73 Å². The molecule has 2 heteroatoms. The standard InChI is InChI=1S/C6H15NS/c1-6(5-7)8(2,3)4/h5H,7H2,1-4H3/b6-5+. The second-order valence-corrected chi connectivity index (χ2v) is 6.93. The maximum absolute atomic E-state index is 5.32. The molecule has 0 bridgehead atoms. The van der Waals surface area contributed by atoms with Crippen LogP contribution >= 0.6 is 10.0 Å². The first-order valence-electron chi connectivity index (χ1n) is 2.55. The third-order valence-electron chi connectivity index (χ3n) is 1.20. The van der Waals surface area contributed by atoms with E-state index in [9.17, 15) is 0 Å². The summed E-state index contributed by atoms with van der Waals surface area (Å²) in [5, 5.41) is 0. The molecular weight excluding hydrogens is 118 g/mol. The Morgan fingerprint density at radius 1 is 1.38 bits per heavy atom. The molecule has 0 aromatic heterocycles. The van der Waals surface area contributed by atoms with Crippen molar-refractivity contribution in [3.05, 3.63) is 11.1 Å². The van der Waals surface area contributed by atoms with Crippen molar-refractivity contribution in [2.75, 3.05) is 18.8 Å². The number of hydrogen-bond donors (Lipinski definition) is 1. The van der Waals surface area contributed by atoms with E-state index in [0.717, 1.165) is 0 Å². The summed E-state index contributed by atoms with van der Waals surface area (Å²) in [6.45, 7) is 2.08. The van der Waals surface area contributed by atoms with Crippen LogP contribution in [0.15, 0.2) is 11.1 Å². The summed E-state index contributed by atoms with van der Waals surface area (Å²) in [6.07, 6.45) is 8.39. The van der Waals surface area contributed by atoms with Gasteiger partial charge in [-0.15, -0.1) is 0 Å². The zero-order valence-corrected chi connectivity index (χ0v) is 6.88. The molecule has 0 fully saturated rings. The first-order chi connectivity index (χ1) is 3.48. The van der Waals surface area contributed by atoms with Crippen LogP contribution in [0.25, 0.3) is 0 Å². The fourth-order valence-corrected chi connectivity index (χ4v) is 0.612. The van der Waals surface area contributed by atoms with Crippen LogP contribution in [-0.2, 0) is 0 Å². The number of allylic oxidation sites excluding steroid dienone is 1. The summed E-state index contributed by atoms with van der Waals surface area (Å²) in [7, 11) is -0.517. The second-order valence-electron chi connectivity index (χ2n) is 2.61. The molecule has 0 radical (unpaired) electrons. The van der Waals surface area contributed by atoms with Crippen molar-refractivity contribution in [3.63, 3.8) is 0 Å². The molecule has 0 rings (SSSR count). The number of rotatable bonds is 1. The Morgan fingerprint density at radius 2 is 1.75 bits per heavy atom. The van der Waals surface area contributed by atoms with Crippen LogP contribution in [0.1, 0.15) is 6.92 Å². The molecule has 1 nitrogen and oxygen atoms in total. The molecular formula is C6H15NS. The first kappa shape index (κ1) is 7.89. The molecule has 0 saturated carbocycles. The molecule has 0 aliphatic rings. The van der Waals surface area contributed by atoms with E-state index in [0.29, 0.717) is 0 Å². The smallest absolute Gasteiger partial charge is 0.00164 e. The highest BCUT2D eigenvalue weighted by atomic mass is 32.3. The van der Waals surface area contributed by atoms with Gasteiger partial charge in [0.2, 0.25) is 0 Å². The first-order valence-corrected chi connectivity index (χ1v) is 5.41. The van der Waals surface area contributed by atoms with E-state index >= 15 is 0 Å². The van der Waals surface area contributed by atoms with Crippen molar-refractivity contribution in [1.29, 1.82) is 0 Å². The molecule has 2 N–H and O–H groups in total. The lowest BCUT2D eigenvalue weighted by atomic mass is 10.7. The lowest BCUT2D eigenvalue weighted by Crippen LogP contribution is -1.95. The maximum Gasteiger partial charge on any atom is 0.00164 e. The molecule has 0 aromatic carbocycles. The predicted octanol–water partition coefficient (Wildman–Crippen LogP) is 1.50. The highest BCUT2D eigenvalue weighted by Gasteiger charge is 2.03. The molecule has 0 unspecified atom stereocenters. The van der Waals surface area contributed by atoms with Crippen molar-refractivity contribution in [3.8, 4) is 0 Å². The van der Waals surface area contributed by atoms with Gasteiger partial charge in [0, 0.05) is 6.20 Å². The third kappa shape index (κ3) is 2.26. The van der Waals surface area contributed by atoms with Crippen molar-refractivity contribution in [1.82, 2.24) is 0 Å². The molecule has 50 valence electrons. The van der Waals surface area contributed by atoms with Gasteiger partial charge in [-0.1, -0.05) is 0 Å². The lowest BCUT2D eigenvalue weighted by Gasteiger charge is -2.25. The number of hydrogen-bond acceptors (Lipinski definition) is 1. The fraction of sp³-hybridized carbons (Fsp3) is 0.667. The molecule has 0 heterocycles. The van der Waals surface area contributed by atoms with E-state index in [1.165, 1.54) is 4.91 Å². The van der Waals surface area contributed by atoms with Crippen LogP contribution in [0.5, 0.6) is 0 Å². The van der Waals surface area contributed by atoms with E-state index in [4.69, 9.17) is 5.73 Å². The Hall–Kier alpha value is -0.110. The molecule has 0 atom stereocenters. The Bertz CT molecular complexity index is 99.6. The molecule has 8 heavy (non-hydrogen) atoms. The van der Waals surface area contributed by atoms with Crippen molar-refractivity contribution < 1.29 is 0 Å². The Balaban J connectivity index is 4.03. The quantitative estimate of drug-likeness (QED) is 0.576. The minimum atomic E-state index is -0.517. The van der Waals surface area contributed by atoms with Gasteiger partial charge in [-0.05, 0) is 30.6 Å². The zero-order valence-electron chi connectivity index (χ0n) is 6.06. The maximum atomic E-state index is 5.32. The van der Waals surface area contributed by atoms with Crippen LogP contribution in [-0.4, -0.2) is 18.8 Å². The Labute approximate surface area is 53.3 Å². The van der Waals surface area contributed by atoms with Gasteiger partial charge in [-0.2, -0.15) is 0 Å². The summed E-state index contributed by atoms with van der Waals surface area (Å²) < 4.78 is 0. The lowest BCUT2D eigenvalue weighted by molar-refractivity contribution is 1.51. The van der Waals surface area contributed by atoms with Gasteiger partial charge >= 0.3 is 0 Å². The number of nitrogens with two attached hydrogens (primary N) is 1. The molecule has 0 aliphatic carbocycles. The van der Waals surface area contributed by atoms with E-state index in [-0.39, 0.29) is 0 Å². The summed E-state index contributed by atoms with van der Waals surface area (Å²) >= 11 is 0. The van der Waals surface area contributed by atoms with Gasteiger partial charge in [0.25, 0.3) is 0 Å². The van der Waals surface area contributed by atoms with Gasteiger partial charge in [-0.3, -0.25) is 0 Å². The average molecular weight is 133 g/mol. The Kier molecular flexibility index (Phi) is 2.41. The Morgan fingerprint density at radius 3 is 1.75 bits per heavy atom. The van der Waals surface area contributed by atoms with Crippen molar-refractivity contribution in [2.45, 2.75) is 6.92 Å². The predicted molar refractivity (Wildman–Crippen MR) is 43.3 cm³/mol. The normalized spacial score (nSPS) is 16.2. The SMILES string of the molecule is C/C(=C\N)S(C)(C)C. The third-order valence-corrected chi connectivity index (χ3v) is 3.27. The van der Waals surface area contributed by atoms with Gasteiger partial charge in [0.15, 0.2) is 0 Å². The van der Waals surface area contributed by atoms with Gasteiger partial charge in [-0.25, -0.2) is 10.0 Å². The van der Waals surface area contributed by atoms with Crippen LogP contribution in [0.4, 0.5) is 0 Å². The molecule has 0 aromatic rings. The van der Waals surface area contributed by atoms with E-state index in [1.54, 1.807) is 6.20 Å². The van der Waals surface area contributed by atoms with Crippen LogP contribution in [0, 0.1) is 0 Å². The largest absolute Gasteiger partial charge is 0.404 e. The highest BCUT2D eigenvalue weighted by Crippen LogP contribution is 2.43. The van der Waals surface area contributed by atoms with E-state index in [2.05, 4.69) is 25.7 Å². The molecule has 0 spiro atoms. The van der Waals surface area contributed by atoms with Gasteiger partial charge in [0.1, 0.15) is 0 Å². The average Bonchev–Trinajstić information content (AvgIpc) is 1.62. The van der Waals surface area contributed by atoms with Crippen LogP contribution in [0.3, 0.4) is 0 Å². The summed E-state index contributed by atoms with van der Waals surface area (Å²) in [5.74, 6) is 0. The molecule has 0 saturated heterocycles. The summed E-state index contributed by atoms with van der Waals surface area (Å²) in [6, 6.07) is 0. The van der Waals surface area contributed by atoms with Crippen LogP contribution < -0.4 is 5.73 Å². The van der Waals surface area contributed by atoms with Crippen LogP contribution in [0.2, 0.25) is 0 Å². The van der Waals surface area contributed by atoms with E-state index < -0.39 is 10.0 Å². The second kappa shape index (κ2) is 2.44. The monoisotopic (exact) mass is 133 g/mol. The molecule has 0 amide bonds. The fourth-order valence-electron chi connectivity index (χ4n) is 0.204. The minimum absolute atomic E-state index is 0.517. The molecule has 0 aliphatic heterocycles. The van der Waals surface area contributed by atoms with E-state index in [1.807, 2.05) is 0 Å². The van der Waals surface area contributed by atoms with Crippen molar-refractivity contribution >= 4 is 10.0 Å². The topological polar surface area (TPSA) is 26.0 Å².